The molecule has 0 saturated heterocycles. The molecule has 0 aromatic heterocycles. The van der Waals surface area contributed by atoms with Crippen LogP contribution in [0.15, 0.2) is 53.4 Å². The number of carbonyl (C=O) groups is 2. The SMILES string of the molecule is CC(=O)N1CCc2ccccc2C1CC(=O)N1CCC(C)Sc2ccccc21. The van der Waals surface area contributed by atoms with Crippen LogP contribution in [0.4, 0.5) is 5.69 Å². The van der Waals surface area contributed by atoms with Crippen LogP contribution in [0.2, 0.25) is 0 Å². The van der Waals surface area contributed by atoms with Crippen molar-refractivity contribution in [2.75, 3.05) is 18.0 Å². The van der Waals surface area contributed by atoms with Gasteiger partial charge in [-0.05, 0) is 36.1 Å². The summed E-state index contributed by atoms with van der Waals surface area (Å²) in [6.07, 6.45) is 2.13. The Morgan fingerprint density at radius 3 is 2.64 bits per heavy atom. The number of benzene rings is 2. The van der Waals surface area contributed by atoms with Crippen molar-refractivity contribution in [3.63, 3.8) is 0 Å². The van der Waals surface area contributed by atoms with Gasteiger partial charge in [-0.3, -0.25) is 9.59 Å². The molecule has 5 heteroatoms. The fourth-order valence-corrected chi connectivity index (χ4v) is 5.38. The first kappa shape index (κ1) is 19.1. The summed E-state index contributed by atoms with van der Waals surface area (Å²) >= 11 is 1.84. The largest absolute Gasteiger partial charge is 0.335 e. The van der Waals surface area contributed by atoms with E-state index in [0.29, 0.717) is 18.2 Å². The van der Waals surface area contributed by atoms with Crippen LogP contribution in [0, 0.1) is 0 Å². The van der Waals surface area contributed by atoms with Gasteiger partial charge < -0.3 is 9.80 Å². The Morgan fingerprint density at radius 1 is 1.07 bits per heavy atom. The van der Waals surface area contributed by atoms with E-state index in [1.807, 2.05) is 51.9 Å². The highest BCUT2D eigenvalue weighted by molar-refractivity contribution is 8.00. The summed E-state index contributed by atoms with van der Waals surface area (Å²) in [6, 6.07) is 16.2. The average Bonchev–Trinajstić information content (AvgIpc) is 2.86. The molecule has 0 radical (unpaired) electrons. The fraction of sp³-hybridized carbons (Fsp3) is 0.391. The lowest BCUT2D eigenvalue weighted by molar-refractivity contribution is -0.133. The van der Waals surface area contributed by atoms with Crippen molar-refractivity contribution in [1.29, 1.82) is 0 Å². The minimum absolute atomic E-state index is 0.0350. The van der Waals surface area contributed by atoms with Crippen LogP contribution in [-0.4, -0.2) is 35.1 Å². The van der Waals surface area contributed by atoms with Gasteiger partial charge in [0.1, 0.15) is 0 Å². The second-order valence-corrected chi connectivity index (χ2v) is 9.09. The van der Waals surface area contributed by atoms with Crippen molar-refractivity contribution in [2.24, 2.45) is 0 Å². The first-order chi connectivity index (χ1) is 13.5. The Morgan fingerprint density at radius 2 is 1.82 bits per heavy atom. The smallest absolute Gasteiger partial charge is 0.229 e. The van der Waals surface area contributed by atoms with Crippen molar-refractivity contribution in [3.05, 3.63) is 59.7 Å². The Labute approximate surface area is 170 Å². The quantitative estimate of drug-likeness (QED) is 0.756. The zero-order chi connectivity index (χ0) is 19.7. The molecule has 0 bridgehead atoms. The zero-order valence-corrected chi connectivity index (χ0v) is 17.2. The molecule has 0 spiro atoms. The summed E-state index contributed by atoms with van der Waals surface area (Å²) in [6.45, 7) is 5.21. The maximum absolute atomic E-state index is 13.4. The molecule has 2 aromatic carbocycles. The predicted molar refractivity (Wildman–Crippen MR) is 114 cm³/mol. The highest BCUT2D eigenvalue weighted by atomic mass is 32.2. The van der Waals surface area contributed by atoms with Gasteiger partial charge in [-0.25, -0.2) is 0 Å². The van der Waals surface area contributed by atoms with Crippen LogP contribution in [0.25, 0.3) is 0 Å². The molecule has 28 heavy (non-hydrogen) atoms. The van der Waals surface area contributed by atoms with Crippen LogP contribution in [0.1, 0.15) is 43.9 Å². The lowest BCUT2D eigenvalue weighted by Crippen LogP contribution is -2.42. The predicted octanol–water partition coefficient (Wildman–Crippen LogP) is 4.44. The first-order valence-electron chi connectivity index (χ1n) is 9.95. The summed E-state index contributed by atoms with van der Waals surface area (Å²) < 4.78 is 0. The van der Waals surface area contributed by atoms with Crippen molar-refractivity contribution in [2.45, 2.75) is 49.3 Å². The summed E-state index contributed by atoms with van der Waals surface area (Å²) in [5.74, 6) is 0.128. The molecule has 0 fully saturated rings. The Balaban J connectivity index is 1.64. The third-order valence-corrected chi connectivity index (χ3v) is 6.97. The van der Waals surface area contributed by atoms with E-state index in [1.165, 1.54) is 5.56 Å². The standard InChI is InChI=1S/C23H26N2O2S/c1-16-11-13-25(20-9-5-6-10-22(20)28-16)23(27)15-21-19-8-4-3-7-18(19)12-14-24(21)17(2)26/h3-10,16,21H,11-15H2,1-2H3. The number of carbonyl (C=O) groups excluding carboxylic acids is 2. The van der Waals surface area contributed by atoms with Gasteiger partial charge in [-0.2, -0.15) is 0 Å². The van der Waals surface area contributed by atoms with E-state index in [0.717, 1.165) is 35.5 Å². The van der Waals surface area contributed by atoms with Gasteiger partial charge in [0.25, 0.3) is 0 Å². The van der Waals surface area contributed by atoms with Gasteiger partial charge in [-0.15, -0.1) is 11.8 Å². The van der Waals surface area contributed by atoms with Crippen LogP contribution in [0.5, 0.6) is 0 Å². The number of rotatable bonds is 2. The summed E-state index contributed by atoms with van der Waals surface area (Å²) in [5, 5.41) is 0.475. The second-order valence-electron chi connectivity index (χ2n) is 7.61. The van der Waals surface area contributed by atoms with Crippen molar-refractivity contribution in [1.82, 2.24) is 4.90 Å². The second kappa shape index (κ2) is 8.00. The van der Waals surface area contributed by atoms with Crippen molar-refractivity contribution >= 4 is 29.3 Å². The molecular weight excluding hydrogens is 368 g/mol. The minimum atomic E-state index is -0.185. The van der Waals surface area contributed by atoms with E-state index in [-0.39, 0.29) is 17.9 Å². The molecule has 2 unspecified atom stereocenters. The van der Waals surface area contributed by atoms with Gasteiger partial charge in [0, 0.05) is 30.2 Å². The summed E-state index contributed by atoms with van der Waals surface area (Å²) in [5.41, 5.74) is 3.36. The third-order valence-electron chi connectivity index (χ3n) is 5.73. The lowest BCUT2D eigenvalue weighted by Gasteiger charge is -2.37. The van der Waals surface area contributed by atoms with E-state index >= 15 is 0 Å². The van der Waals surface area contributed by atoms with Crippen LogP contribution in [-0.2, 0) is 16.0 Å². The van der Waals surface area contributed by atoms with Crippen LogP contribution in [0.3, 0.4) is 0 Å². The molecule has 146 valence electrons. The van der Waals surface area contributed by atoms with Crippen molar-refractivity contribution < 1.29 is 9.59 Å². The number of para-hydroxylation sites is 1. The van der Waals surface area contributed by atoms with Gasteiger partial charge >= 0.3 is 0 Å². The van der Waals surface area contributed by atoms with E-state index in [9.17, 15) is 9.59 Å². The number of fused-ring (bicyclic) bond motifs is 2. The molecule has 2 aliphatic rings. The topological polar surface area (TPSA) is 40.6 Å². The Hall–Kier alpha value is -2.27. The Kier molecular flexibility index (Phi) is 5.44. The third kappa shape index (κ3) is 3.68. The Bertz CT molecular complexity index is 898. The highest BCUT2D eigenvalue weighted by Gasteiger charge is 2.33. The maximum atomic E-state index is 13.4. The molecule has 2 aliphatic heterocycles. The molecule has 2 heterocycles. The molecule has 0 saturated carbocycles. The van der Waals surface area contributed by atoms with E-state index in [1.54, 1.807) is 6.92 Å². The van der Waals surface area contributed by atoms with Gasteiger partial charge in [-0.1, -0.05) is 43.3 Å². The molecule has 2 amide bonds. The number of hydrogen-bond acceptors (Lipinski definition) is 3. The molecule has 2 atom stereocenters. The van der Waals surface area contributed by atoms with Gasteiger partial charge in [0.15, 0.2) is 0 Å². The normalized spacial score (nSPS) is 21.5. The number of anilines is 1. The fourth-order valence-electron chi connectivity index (χ4n) is 4.27. The number of thioether (sulfide) groups is 1. The highest BCUT2D eigenvalue weighted by Crippen LogP contribution is 2.39. The molecule has 0 N–H and O–H groups in total. The molecule has 4 nitrogen and oxygen atoms in total. The monoisotopic (exact) mass is 394 g/mol. The number of amides is 2. The maximum Gasteiger partial charge on any atom is 0.229 e. The van der Waals surface area contributed by atoms with Gasteiger partial charge in [0.2, 0.25) is 11.8 Å². The first-order valence-corrected chi connectivity index (χ1v) is 10.8. The lowest BCUT2D eigenvalue weighted by atomic mass is 9.90. The van der Waals surface area contributed by atoms with Crippen LogP contribution < -0.4 is 4.90 Å². The average molecular weight is 395 g/mol. The van der Waals surface area contributed by atoms with E-state index < -0.39 is 0 Å². The zero-order valence-electron chi connectivity index (χ0n) is 16.4. The van der Waals surface area contributed by atoms with Gasteiger partial charge in [0.05, 0.1) is 18.2 Å². The molecule has 2 aromatic rings. The van der Waals surface area contributed by atoms with Crippen LogP contribution >= 0.6 is 11.8 Å². The summed E-state index contributed by atoms with van der Waals surface area (Å²) in [4.78, 5) is 30.7. The minimum Gasteiger partial charge on any atom is -0.335 e. The number of hydrogen-bond donors (Lipinski definition) is 0. The molecule has 0 aliphatic carbocycles. The summed E-state index contributed by atoms with van der Waals surface area (Å²) in [7, 11) is 0. The van der Waals surface area contributed by atoms with E-state index in [2.05, 4.69) is 25.1 Å². The molecule has 4 rings (SSSR count). The van der Waals surface area contributed by atoms with Crippen molar-refractivity contribution in [3.8, 4) is 0 Å². The molecular formula is C23H26N2O2S. The number of nitrogens with zero attached hydrogens (tertiary/aromatic N) is 2. The van der Waals surface area contributed by atoms with E-state index in [4.69, 9.17) is 0 Å².